The van der Waals surface area contributed by atoms with Crippen molar-refractivity contribution in [1.29, 1.82) is 0 Å². The molecule has 0 aliphatic carbocycles. The monoisotopic (exact) mass is 348 g/mol. The van der Waals surface area contributed by atoms with Crippen LogP contribution in [-0.4, -0.2) is 19.1 Å². The largest absolute Gasteiger partial charge is 0.490 e. The number of aryl methyl sites for hydroxylation is 1. The van der Waals surface area contributed by atoms with E-state index in [4.69, 9.17) is 25.8 Å². The second-order valence-electron chi connectivity index (χ2n) is 5.37. The number of benzene rings is 2. The summed E-state index contributed by atoms with van der Waals surface area (Å²) in [4.78, 5) is 0. The van der Waals surface area contributed by atoms with Crippen LogP contribution in [0.4, 0.5) is 0 Å². The van der Waals surface area contributed by atoms with Gasteiger partial charge in [0.25, 0.3) is 0 Å². The molecule has 0 radical (unpaired) electrons. The van der Waals surface area contributed by atoms with Crippen LogP contribution in [0.15, 0.2) is 42.5 Å². The number of halogens is 1. The van der Waals surface area contributed by atoms with Crippen LogP contribution in [0.25, 0.3) is 0 Å². The van der Waals surface area contributed by atoms with Crippen LogP contribution in [0.2, 0.25) is 0 Å². The molecule has 24 heavy (non-hydrogen) atoms. The van der Waals surface area contributed by atoms with E-state index < -0.39 is 0 Å². The molecular formula is C20H25ClO3. The second-order valence-corrected chi connectivity index (χ2v) is 5.75. The zero-order valence-electron chi connectivity index (χ0n) is 14.4. The van der Waals surface area contributed by atoms with Crippen LogP contribution in [0.1, 0.15) is 31.4 Å². The highest BCUT2D eigenvalue weighted by molar-refractivity contribution is 6.17. The maximum Gasteiger partial charge on any atom is 0.203 e. The Morgan fingerprint density at radius 3 is 2.21 bits per heavy atom. The highest BCUT2D eigenvalue weighted by Gasteiger charge is 2.15. The van der Waals surface area contributed by atoms with Gasteiger partial charge in [-0.15, -0.1) is 11.6 Å². The SMILES string of the molecule is CCOc1cc(CC)cc(OCCCCl)c1OCc1ccccc1. The van der Waals surface area contributed by atoms with Crippen LogP contribution in [0.3, 0.4) is 0 Å². The van der Waals surface area contributed by atoms with Crippen molar-refractivity contribution in [3.8, 4) is 17.2 Å². The van der Waals surface area contributed by atoms with Crippen molar-refractivity contribution < 1.29 is 14.2 Å². The van der Waals surface area contributed by atoms with E-state index in [9.17, 15) is 0 Å². The molecule has 0 saturated heterocycles. The van der Waals surface area contributed by atoms with Crippen molar-refractivity contribution in [2.45, 2.75) is 33.3 Å². The molecule has 0 fully saturated rings. The van der Waals surface area contributed by atoms with E-state index in [0.29, 0.717) is 31.5 Å². The van der Waals surface area contributed by atoms with Gasteiger partial charge in [0.1, 0.15) is 6.61 Å². The molecule has 0 bridgehead atoms. The zero-order valence-corrected chi connectivity index (χ0v) is 15.1. The van der Waals surface area contributed by atoms with Gasteiger partial charge in [0.15, 0.2) is 11.5 Å². The molecule has 2 aromatic carbocycles. The first-order chi connectivity index (χ1) is 11.8. The molecular weight excluding hydrogens is 324 g/mol. The third-order valence-electron chi connectivity index (χ3n) is 3.55. The van der Waals surface area contributed by atoms with Gasteiger partial charge in [-0.1, -0.05) is 37.3 Å². The fourth-order valence-corrected chi connectivity index (χ4v) is 2.42. The van der Waals surface area contributed by atoms with Gasteiger partial charge in [0.2, 0.25) is 5.75 Å². The lowest BCUT2D eigenvalue weighted by Gasteiger charge is -2.18. The molecule has 0 unspecified atom stereocenters. The maximum atomic E-state index is 6.05. The Kier molecular flexibility index (Phi) is 7.76. The molecule has 2 aromatic rings. The van der Waals surface area contributed by atoms with Crippen molar-refractivity contribution in [3.05, 3.63) is 53.6 Å². The Hall–Kier alpha value is -1.87. The summed E-state index contributed by atoms with van der Waals surface area (Å²) in [5.74, 6) is 2.69. The van der Waals surface area contributed by atoms with Crippen LogP contribution in [-0.2, 0) is 13.0 Å². The third kappa shape index (κ3) is 5.34. The number of rotatable bonds is 10. The van der Waals surface area contributed by atoms with Gasteiger partial charge in [0.05, 0.1) is 13.2 Å². The quantitative estimate of drug-likeness (QED) is 0.434. The van der Waals surface area contributed by atoms with Gasteiger partial charge in [-0.2, -0.15) is 0 Å². The van der Waals surface area contributed by atoms with E-state index >= 15 is 0 Å². The van der Waals surface area contributed by atoms with E-state index in [2.05, 4.69) is 6.92 Å². The van der Waals surface area contributed by atoms with Crippen molar-refractivity contribution in [2.24, 2.45) is 0 Å². The van der Waals surface area contributed by atoms with Crippen molar-refractivity contribution in [1.82, 2.24) is 0 Å². The second kappa shape index (κ2) is 10.1. The summed E-state index contributed by atoms with van der Waals surface area (Å²) < 4.78 is 17.7. The first kappa shape index (κ1) is 18.5. The molecule has 0 aliphatic heterocycles. The molecule has 2 rings (SSSR count). The minimum absolute atomic E-state index is 0.470. The maximum absolute atomic E-state index is 6.05. The minimum Gasteiger partial charge on any atom is -0.490 e. The molecule has 3 nitrogen and oxygen atoms in total. The van der Waals surface area contributed by atoms with E-state index in [1.165, 1.54) is 0 Å². The average Bonchev–Trinajstić information content (AvgIpc) is 2.62. The summed E-state index contributed by atoms with van der Waals surface area (Å²) in [7, 11) is 0. The lowest BCUT2D eigenvalue weighted by atomic mass is 10.1. The summed E-state index contributed by atoms with van der Waals surface area (Å²) in [5, 5.41) is 0. The molecule has 130 valence electrons. The Labute approximate surface area is 149 Å². The number of hydrogen-bond acceptors (Lipinski definition) is 3. The van der Waals surface area contributed by atoms with Gasteiger partial charge < -0.3 is 14.2 Å². The minimum atomic E-state index is 0.470. The lowest BCUT2D eigenvalue weighted by Crippen LogP contribution is -2.05. The zero-order chi connectivity index (χ0) is 17.2. The van der Waals surface area contributed by atoms with Gasteiger partial charge in [-0.3, -0.25) is 0 Å². The van der Waals surface area contributed by atoms with E-state index in [1.54, 1.807) is 0 Å². The first-order valence-electron chi connectivity index (χ1n) is 8.43. The van der Waals surface area contributed by atoms with Crippen LogP contribution in [0, 0.1) is 0 Å². The fraction of sp³-hybridized carbons (Fsp3) is 0.400. The van der Waals surface area contributed by atoms with Crippen LogP contribution < -0.4 is 14.2 Å². The van der Waals surface area contributed by atoms with Crippen molar-refractivity contribution in [3.63, 3.8) is 0 Å². The molecule has 0 saturated carbocycles. The highest BCUT2D eigenvalue weighted by Crippen LogP contribution is 2.39. The predicted molar refractivity (Wildman–Crippen MR) is 98.6 cm³/mol. The molecule has 0 amide bonds. The van der Waals surface area contributed by atoms with Gasteiger partial charge in [-0.05, 0) is 43.0 Å². The average molecular weight is 349 g/mol. The molecule has 0 atom stereocenters. The Morgan fingerprint density at radius 2 is 1.58 bits per heavy atom. The topological polar surface area (TPSA) is 27.7 Å². The lowest BCUT2D eigenvalue weighted by molar-refractivity contribution is 0.240. The smallest absolute Gasteiger partial charge is 0.203 e. The molecule has 0 N–H and O–H groups in total. The van der Waals surface area contributed by atoms with E-state index in [-0.39, 0.29) is 0 Å². The molecule has 0 aromatic heterocycles. The first-order valence-corrected chi connectivity index (χ1v) is 8.97. The molecule has 0 aliphatic rings. The predicted octanol–water partition coefficient (Wildman–Crippen LogP) is 5.23. The molecule has 0 heterocycles. The standard InChI is InChI=1S/C20H25ClO3/c1-3-16-13-18(22-4-2)20(19(14-16)23-12-8-11-21)24-15-17-9-6-5-7-10-17/h5-7,9-10,13-14H,3-4,8,11-12,15H2,1-2H3. The Morgan fingerprint density at radius 1 is 0.875 bits per heavy atom. The third-order valence-corrected chi connectivity index (χ3v) is 3.82. The summed E-state index contributed by atoms with van der Waals surface area (Å²) in [6.07, 6.45) is 1.70. The normalized spacial score (nSPS) is 10.5. The summed E-state index contributed by atoms with van der Waals surface area (Å²) >= 11 is 5.75. The van der Waals surface area contributed by atoms with E-state index in [1.807, 2.05) is 49.4 Å². The Balaban J connectivity index is 2.25. The van der Waals surface area contributed by atoms with Crippen LogP contribution >= 0.6 is 11.6 Å². The van der Waals surface area contributed by atoms with Gasteiger partial charge in [0, 0.05) is 5.88 Å². The van der Waals surface area contributed by atoms with Crippen molar-refractivity contribution >= 4 is 11.6 Å². The van der Waals surface area contributed by atoms with Gasteiger partial charge in [-0.25, -0.2) is 0 Å². The van der Waals surface area contributed by atoms with Gasteiger partial charge >= 0.3 is 0 Å². The van der Waals surface area contributed by atoms with Crippen LogP contribution in [0.5, 0.6) is 17.2 Å². The Bertz CT molecular complexity index is 614. The summed E-state index contributed by atoms with van der Waals surface area (Å²) in [5.41, 5.74) is 2.26. The van der Waals surface area contributed by atoms with Crippen molar-refractivity contribution in [2.75, 3.05) is 19.1 Å². The number of ether oxygens (including phenoxy) is 3. The van der Waals surface area contributed by atoms with E-state index in [0.717, 1.165) is 35.5 Å². The summed E-state index contributed by atoms with van der Waals surface area (Å²) in [6, 6.07) is 14.1. The molecule has 0 spiro atoms. The molecule has 4 heteroatoms. The highest BCUT2D eigenvalue weighted by atomic mass is 35.5. The number of alkyl halides is 1. The fourth-order valence-electron chi connectivity index (χ4n) is 2.31. The number of hydrogen-bond donors (Lipinski definition) is 0. The summed E-state index contributed by atoms with van der Waals surface area (Å²) in [6.45, 7) is 5.68.